The summed E-state index contributed by atoms with van der Waals surface area (Å²) in [4.78, 5) is 14.1. The first-order valence-corrected chi connectivity index (χ1v) is 10.1. The van der Waals surface area contributed by atoms with Crippen molar-refractivity contribution < 1.29 is 23.1 Å². The third kappa shape index (κ3) is 5.17. The van der Waals surface area contributed by atoms with Crippen LogP contribution in [0.25, 0.3) is 0 Å². The first-order chi connectivity index (χ1) is 11.7. The minimum Gasteiger partial charge on any atom is -0.497 e. The van der Waals surface area contributed by atoms with E-state index in [4.69, 9.17) is 4.74 Å². The molecule has 1 heterocycles. The van der Waals surface area contributed by atoms with Crippen LogP contribution in [0.1, 0.15) is 24.5 Å². The molecule has 1 aromatic rings. The quantitative estimate of drug-likeness (QED) is 0.802. The van der Waals surface area contributed by atoms with Crippen molar-refractivity contribution in [3.63, 3.8) is 0 Å². The number of amides is 1. The van der Waals surface area contributed by atoms with E-state index in [2.05, 4.69) is 0 Å². The van der Waals surface area contributed by atoms with E-state index in [1.807, 2.05) is 0 Å². The molecule has 0 aromatic heterocycles. The van der Waals surface area contributed by atoms with Crippen LogP contribution in [0.4, 0.5) is 0 Å². The van der Waals surface area contributed by atoms with Crippen LogP contribution in [-0.2, 0) is 14.8 Å². The first-order valence-electron chi connectivity index (χ1n) is 8.24. The minimum absolute atomic E-state index is 0.0549. The van der Waals surface area contributed by atoms with Gasteiger partial charge in [0.05, 0.1) is 26.0 Å². The van der Waals surface area contributed by atoms with Gasteiger partial charge in [0.1, 0.15) is 5.75 Å². The molecular weight excluding hydrogens is 344 g/mol. The Hall–Kier alpha value is -1.64. The fourth-order valence-electron chi connectivity index (χ4n) is 3.03. The summed E-state index contributed by atoms with van der Waals surface area (Å²) in [6, 6.07) is 7.07. The monoisotopic (exact) mass is 370 g/mol. The van der Waals surface area contributed by atoms with Crippen LogP contribution in [0, 0.1) is 5.92 Å². The van der Waals surface area contributed by atoms with E-state index in [1.54, 1.807) is 38.4 Å². The second-order valence-corrected chi connectivity index (χ2v) is 8.43. The maximum Gasteiger partial charge on any atom is 0.225 e. The standard InChI is InChI=1S/C17H26N2O5S/c1-18(12-16(20)13-4-6-15(24-2)7-5-13)17(21)14-8-10-19(11-9-14)25(3,22)23/h4-7,14,16,20H,8-12H2,1-3H3. The van der Waals surface area contributed by atoms with Crippen LogP contribution in [0.3, 0.4) is 0 Å². The van der Waals surface area contributed by atoms with Gasteiger partial charge in [-0.3, -0.25) is 4.79 Å². The highest BCUT2D eigenvalue weighted by atomic mass is 32.2. The van der Waals surface area contributed by atoms with Gasteiger partial charge in [0.2, 0.25) is 15.9 Å². The third-order valence-corrected chi connectivity index (χ3v) is 5.90. The molecule has 1 aliphatic rings. The van der Waals surface area contributed by atoms with Gasteiger partial charge >= 0.3 is 0 Å². The Morgan fingerprint density at radius 1 is 1.32 bits per heavy atom. The smallest absolute Gasteiger partial charge is 0.225 e. The lowest BCUT2D eigenvalue weighted by Crippen LogP contribution is -2.43. The van der Waals surface area contributed by atoms with Gasteiger partial charge in [0, 0.05) is 26.1 Å². The van der Waals surface area contributed by atoms with E-state index < -0.39 is 16.1 Å². The van der Waals surface area contributed by atoms with Gasteiger partial charge in [-0.05, 0) is 30.5 Å². The number of aliphatic hydroxyl groups is 1. The second-order valence-electron chi connectivity index (χ2n) is 6.44. The number of rotatable bonds is 6. The molecule has 0 bridgehead atoms. The number of hydrogen-bond acceptors (Lipinski definition) is 5. The molecule has 0 radical (unpaired) electrons. The molecule has 25 heavy (non-hydrogen) atoms. The summed E-state index contributed by atoms with van der Waals surface area (Å²) in [6.45, 7) is 0.922. The van der Waals surface area contributed by atoms with Crippen LogP contribution < -0.4 is 4.74 Å². The number of sulfonamides is 1. The maximum absolute atomic E-state index is 12.5. The molecule has 1 aliphatic heterocycles. The molecule has 1 amide bonds. The molecule has 0 spiro atoms. The summed E-state index contributed by atoms with van der Waals surface area (Å²) in [5.41, 5.74) is 0.715. The topological polar surface area (TPSA) is 87.2 Å². The van der Waals surface area contributed by atoms with Crippen LogP contribution >= 0.6 is 0 Å². The highest BCUT2D eigenvalue weighted by Gasteiger charge is 2.31. The Balaban J connectivity index is 1.89. The summed E-state index contributed by atoms with van der Waals surface area (Å²) >= 11 is 0. The SMILES string of the molecule is COc1ccc(C(O)CN(C)C(=O)C2CCN(S(C)(=O)=O)CC2)cc1. The first kappa shape index (κ1) is 19.7. The van der Waals surface area contributed by atoms with Crippen LogP contribution in [0.5, 0.6) is 5.75 Å². The van der Waals surface area contributed by atoms with Crippen molar-refractivity contribution >= 4 is 15.9 Å². The fraction of sp³-hybridized carbons (Fsp3) is 0.588. The van der Waals surface area contributed by atoms with Gasteiger partial charge in [-0.1, -0.05) is 12.1 Å². The second kappa shape index (κ2) is 8.16. The highest BCUT2D eigenvalue weighted by Crippen LogP contribution is 2.23. The Bertz CT molecular complexity index is 681. The van der Waals surface area contributed by atoms with Gasteiger partial charge in [0.25, 0.3) is 0 Å². The number of ether oxygens (including phenoxy) is 1. The molecule has 2 rings (SSSR count). The van der Waals surface area contributed by atoms with Crippen molar-refractivity contribution in [1.29, 1.82) is 0 Å². The Kier molecular flexibility index (Phi) is 6.42. The number of hydrogen-bond donors (Lipinski definition) is 1. The normalized spacial score (nSPS) is 17.9. The van der Waals surface area contributed by atoms with Gasteiger partial charge in [-0.15, -0.1) is 0 Å². The zero-order valence-electron chi connectivity index (χ0n) is 14.9. The molecule has 1 atom stereocenters. The van der Waals surface area contributed by atoms with Crippen molar-refractivity contribution in [2.75, 3.05) is 40.0 Å². The van der Waals surface area contributed by atoms with Crippen molar-refractivity contribution in [3.8, 4) is 5.75 Å². The molecule has 140 valence electrons. The van der Waals surface area contributed by atoms with Gasteiger partial charge in [-0.25, -0.2) is 12.7 Å². The minimum atomic E-state index is -3.20. The molecule has 1 unspecified atom stereocenters. The Labute approximate surface area is 149 Å². The van der Waals surface area contributed by atoms with E-state index in [9.17, 15) is 18.3 Å². The third-order valence-electron chi connectivity index (χ3n) is 4.60. The predicted molar refractivity (Wildman–Crippen MR) is 94.7 cm³/mol. The molecule has 7 nitrogen and oxygen atoms in total. The summed E-state index contributed by atoms with van der Waals surface area (Å²) < 4.78 is 29.6. The van der Waals surface area contributed by atoms with Gasteiger partial charge < -0.3 is 14.7 Å². The van der Waals surface area contributed by atoms with Crippen molar-refractivity contribution in [2.45, 2.75) is 18.9 Å². The molecule has 1 aromatic carbocycles. The van der Waals surface area contributed by atoms with Crippen molar-refractivity contribution in [1.82, 2.24) is 9.21 Å². The number of likely N-dealkylation sites (N-methyl/N-ethyl adjacent to an activating group) is 1. The summed E-state index contributed by atoms with van der Waals surface area (Å²) in [5.74, 6) is 0.449. The summed E-state index contributed by atoms with van der Waals surface area (Å²) in [5, 5.41) is 10.3. The van der Waals surface area contributed by atoms with Crippen LogP contribution in [0.15, 0.2) is 24.3 Å². The van der Waals surface area contributed by atoms with Gasteiger partial charge in [0.15, 0.2) is 0 Å². The number of aliphatic hydroxyl groups excluding tert-OH is 1. The molecule has 1 fully saturated rings. The molecule has 1 saturated heterocycles. The number of benzene rings is 1. The van der Waals surface area contributed by atoms with Crippen LogP contribution in [-0.4, -0.2) is 68.7 Å². The highest BCUT2D eigenvalue weighted by molar-refractivity contribution is 7.88. The van der Waals surface area contributed by atoms with Crippen LogP contribution in [0.2, 0.25) is 0 Å². The Morgan fingerprint density at radius 3 is 2.36 bits per heavy atom. The average Bonchev–Trinajstić information content (AvgIpc) is 2.60. The van der Waals surface area contributed by atoms with E-state index in [0.717, 1.165) is 0 Å². The average molecular weight is 370 g/mol. The Morgan fingerprint density at radius 2 is 1.88 bits per heavy atom. The fourth-order valence-corrected chi connectivity index (χ4v) is 3.90. The lowest BCUT2D eigenvalue weighted by atomic mass is 9.96. The van der Waals surface area contributed by atoms with Gasteiger partial charge in [-0.2, -0.15) is 0 Å². The molecule has 0 saturated carbocycles. The zero-order valence-corrected chi connectivity index (χ0v) is 15.7. The van der Waals surface area contributed by atoms with E-state index in [0.29, 0.717) is 37.2 Å². The number of nitrogens with zero attached hydrogens (tertiary/aromatic N) is 2. The summed E-state index contributed by atoms with van der Waals surface area (Å²) in [6.07, 6.45) is 1.42. The molecule has 0 aliphatic carbocycles. The summed E-state index contributed by atoms with van der Waals surface area (Å²) in [7, 11) is 0.0432. The van der Waals surface area contributed by atoms with E-state index in [-0.39, 0.29) is 18.4 Å². The molecule has 8 heteroatoms. The van der Waals surface area contributed by atoms with Crippen molar-refractivity contribution in [2.24, 2.45) is 5.92 Å². The lowest BCUT2D eigenvalue weighted by Gasteiger charge is -2.32. The van der Waals surface area contributed by atoms with Crippen molar-refractivity contribution in [3.05, 3.63) is 29.8 Å². The molecular formula is C17H26N2O5S. The lowest BCUT2D eigenvalue weighted by molar-refractivity contribution is -0.136. The molecule has 1 N–H and O–H groups in total. The largest absolute Gasteiger partial charge is 0.497 e. The predicted octanol–water partition coefficient (Wildman–Crippen LogP) is 0.859. The number of piperidine rings is 1. The number of carbonyl (C=O) groups is 1. The zero-order chi connectivity index (χ0) is 18.6. The number of methoxy groups -OCH3 is 1. The van der Waals surface area contributed by atoms with E-state index >= 15 is 0 Å². The number of carbonyl (C=O) groups excluding carboxylic acids is 1. The maximum atomic E-state index is 12.5. The van der Waals surface area contributed by atoms with E-state index in [1.165, 1.54) is 15.5 Å².